The maximum absolute atomic E-state index is 12.4. The van der Waals surface area contributed by atoms with Crippen molar-refractivity contribution in [2.75, 3.05) is 38.0 Å². The number of carbonyl (C=O) groups is 1. The van der Waals surface area contributed by atoms with E-state index in [2.05, 4.69) is 16.3 Å². The minimum Gasteiger partial charge on any atom is -0.319 e. The van der Waals surface area contributed by atoms with Crippen LogP contribution in [0.25, 0.3) is 0 Å². The maximum atomic E-state index is 12.4. The van der Waals surface area contributed by atoms with Crippen LogP contribution in [0.1, 0.15) is 16.7 Å². The van der Waals surface area contributed by atoms with Crippen LogP contribution >= 0.6 is 0 Å². The summed E-state index contributed by atoms with van der Waals surface area (Å²) in [6, 6.07) is 14.5. The Morgan fingerprint density at radius 3 is 2.41 bits per heavy atom. The Bertz CT molecular complexity index is 928. The number of hydrogen-bond acceptors (Lipinski definition) is 6. The molecule has 150 valence electrons. The van der Waals surface area contributed by atoms with Gasteiger partial charge in [0.1, 0.15) is 5.69 Å². The molecule has 8 nitrogen and oxygen atoms in total. The third-order valence-corrected chi connectivity index (χ3v) is 4.95. The predicted molar refractivity (Wildman–Crippen MR) is 109 cm³/mol. The Kier molecular flexibility index (Phi) is 6.54. The largest absolute Gasteiger partial charge is 0.319 e. The number of nitrogens with one attached hydrogen (secondary N) is 1. The molecule has 1 saturated heterocycles. The number of nitrogens with zero attached hydrogens (tertiary/aromatic N) is 4. The van der Waals surface area contributed by atoms with E-state index in [1.165, 1.54) is 6.07 Å². The van der Waals surface area contributed by atoms with Crippen molar-refractivity contribution < 1.29 is 9.72 Å². The zero-order valence-corrected chi connectivity index (χ0v) is 16.3. The number of nitro groups is 1. The topological polar surface area (TPSA) is 103 Å². The summed E-state index contributed by atoms with van der Waals surface area (Å²) in [6.45, 7) is 5.95. The van der Waals surface area contributed by atoms with E-state index in [4.69, 9.17) is 5.26 Å². The van der Waals surface area contributed by atoms with Crippen LogP contribution in [0.2, 0.25) is 0 Å². The van der Waals surface area contributed by atoms with Crippen LogP contribution in [0.5, 0.6) is 0 Å². The molecule has 1 aliphatic rings. The molecule has 0 radical (unpaired) electrons. The van der Waals surface area contributed by atoms with E-state index in [0.717, 1.165) is 43.9 Å². The molecule has 0 aromatic heterocycles. The Hall–Kier alpha value is -3.28. The lowest BCUT2D eigenvalue weighted by Crippen LogP contribution is -2.48. The van der Waals surface area contributed by atoms with Crippen LogP contribution in [-0.4, -0.2) is 53.4 Å². The van der Waals surface area contributed by atoms with Gasteiger partial charge in [0.05, 0.1) is 23.1 Å². The van der Waals surface area contributed by atoms with E-state index in [0.29, 0.717) is 5.56 Å². The molecule has 2 aromatic rings. The van der Waals surface area contributed by atoms with Gasteiger partial charge in [0.2, 0.25) is 5.91 Å². The minimum atomic E-state index is -0.482. The van der Waals surface area contributed by atoms with E-state index in [1.54, 1.807) is 19.1 Å². The minimum absolute atomic E-state index is 0.0921. The molecule has 0 unspecified atom stereocenters. The number of carbonyl (C=O) groups excluding carboxylic acids is 1. The average molecular weight is 393 g/mol. The fourth-order valence-corrected chi connectivity index (χ4v) is 3.34. The molecule has 8 heteroatoms. The summed E-state index contributed by atoms with van der Waals surface area (Å²) in [6.07, 6.45) is 0. The first-order valence-electron chi connectivity index (χ1n) is 9.43. The number of piperazine rings is 1. The molecule has 0 spiro atoms. The Morgan fingerprint density at radius 2 is 1.79 bits per heavy atom. The highest BCUT2D eigenvalue weighted by atomic mass is 16.6. The SMILES string of the molecule is Cc1ccc(NC(=O)CN2CCN(Cc3ccc(C#N)cc3)CC2)c([N+](=O)[O-])c1. The highest BCUT2D eigenvalue weighted by Gasteiger charge is 2.21. The van der Waals surface area contributed by atoms with Crippen LogP contribution in [-0.2, 0) is 11.3 Å². The number of nitro benzene ring substituents is 1. The first kappa shape index (κ1) is 20.5. The highest BCUT2D eigenvalue weighted by Crippen LogP contribution is 2.25. The molecule has 2 aromatic carbocycles. The van der Waals surface area contributed by atoms with Crippen molar-refractivity contribution in [2.45, 2.75) is 13.5 Å². The number of anilines is 1. The van der Waals surface area contributed by atoms with Gasteiger partial charge in [0.15, 0.2) is 0 Å². The van der Waals surface area contributed by atoms with Crippen LogP contribution in [0.4, 0.5) is 11.4 Å². The van der Waals surface area contributed by atoms with E-state index in [1.807, 2.05) is 29.2 Å². The van der Waals surface area contributed by atoms with E-state index in [-0.39, 0.29) is 23.8 Å². The third kappa shape index (κ3) is 5.60. The lowest BCUT2D eigenvalue weighted by molar-refractivity contribution is -0.384. The smallest absolute Gasteiger partial charge is 0.293 e. The summed E-state index contributed by atoms with van der Waals surface area (Å²) in [5.41, 5.74) is 2.71. The Morgan fingerprint density at radius 1 is 1.14 bits per heavy atom. The summed E-state index contributed by atoms with van der Waals surface area (Å²) in [7, 11) is 0. The van der Waals surface area contributed by atoms with E-state index >= 15 is 0 Å². The lowest BCUT2D eigenvalue weighted by atomic mass is 10.1. The van der Waals surface area contributed by atoms with E-state index < -0.39 is 4.92 Å². The quantitative estimate of drug-likeness (QED) is 0.598. The van der Waals surface area contributed by atoms with Gasteiger partial charge in [0.25, 0.3) is 5.69 Å². The summed E-state index contributed by atoms with van der Waals surface area (Å²) < 4.78 is 0. The second-order valence-electron chi connectivity index (χ2n) is 7.19. The molecule has 0 saturated carbocycles. The number of rotatable bonds is 6. The normalized spacial score (nSPS) is 14.9. The van der Waals surface area contributed by atoms with Crippen molar-refractivity contribution in [1.82, 2.24) is 9.80 Å². The average Bonchev–Trinajstić information content (AvgIpc) is 2.71. The number of hydrogen-bond donors (Lipinski definition) is 1. The Labute approximate surface area is 169 Å². The summed E-state index contributed by atoms with van der Waals surface area (Å²) >= 11 is 0. The molecule has 3 rings (SSSR count). The summed E-state index contributed by atoms with van der Waals surface area (Å²) in [4.78, 5) is 27.4. The first-order chi connectivity index (χ1) is 13.9. The molecule has 0 aliphatic carbocycles. The first-order valence-corrected chi connectivity index (χ1v) is 9.43. The van der Waals surface area contributed by atoms with Gasteiger partial charge in [-0.1, -0.05) is 18.2 Å². The lowest BCUT2D eigenvalue weighted by Gasteiger charge is -2.34. The number of benzene rings is 2. The fourth-order valence-electron chi connectivity index (χ4n) is 3.34. The van der Waals surface area contributed by atoms with Crippen molar-refractivity contribution in [2.24, 2.45) is 0 Å². The van der Waals surface area contributed by atoms with Crippen LogP contribution in [0, 0.1) is 28.4 Å². The standard InChI is InChI=1S/C21H23N5O3/c1-16-2-7-19(20(12-16)26(28)29)23-21(27)15-25-10-8-24(9-11-25)14-18-5-3-17(13-22)4-6-18/h2-7,12H,8-11,14-15H2,1H3,(H,23,27). The monoisotopic (exact) mass is 393 g/mol. The molecule has 1 aliphatic heterocycles. The van der Waals surface area contributed by atoms with Crippen LogP contribution in [0.3, 0.4) is 0 Å². The number of nitriles is 1. The predicted octanol–water partition coefficient (Wildman–Crippen LogP) is 2.53. The highest BCUT2D eigenvalue weighted by molar-refractivity contribution is 5.94. The van der Waals surface area contributed by atoms with Gasteiger partial charge in [-0.3, -0.25) is 24.7 Å². The van der Waals surface area contributed by atoms with Crippen molar-refractivity contribution in [3.05, 3.63) is 69.3 Å². The summed E-state index contributed by atoms with van der Waals surface area (Å²) in [5, 5.41) is 22.7. The summed E-state index contributed by atoms with van der Waals surface area (Å²) in [5.74, 6) is -0.252. The second kappa shape index (κ2) is 9.28. The maximum Gasteiger partial charge on any atom is 0.293 e. The van der Waals surface area contributed by atoms with Gasteiger partial charge >= 0.3 is 0 Å². The van der Waals surface area contributed by atoms with Gasteiger partial charge in [-0.05, 0) is 36.2 Å². The molecular weight excluding hydrogens is 370 g/mol. The van der Waals surface area contributed by atoms with Gasteiger partial charge < -0.3 is 5.32 Å². The van der Waals surface area contributed by atoms with Gasteiger partial charge in [-0.15, -0.1) is 0 Å². The van der Waals surface area contributed by atoms with Crippen molar-refractivity contribution in [1.29, 1.82) is 5.26 Å². The van der Waals surface area contributed by atoms with Crippen molar-refractivity contribution >= 4 is 17.3 Å². The Balaban J connectivity index is 1.48. The molecule has 1 heterocycles. The van der Waals surface area contributed by atoms with Crippen LogP contribution < -0.4 is 5.32 Å². The van der Waals surface area contributed by atoms with E-state index in [9.17, 15) is 14.9 Å². The van der Waals surface area contributed by atoms with Gasteiger partial charge in [-0.25, -0.2) is 0 Å². The zero-order valence-electron chi connectivity index (χ0n) is 16.3. The number of aryl methyl sites for hydroxylation is 1. The molecule has 1 amide bonds. The molecule has 29 heavy (non-hydrogen) atoms. The molecular formula is C21H23N5O3. The van der Waals surface area contributed by atoms with Gasteiger partial charge in [-0.2, -0.15) is 5.26 Å². The molecule has 0 bridgehead atoms. The number of amides is 1. The fraction of sp³-hybridized carbons (Fsp3) is 0.333. The van der Waals surface area contributed by atoms with Crippen LogP contribution in [0.15, 0.2) is 42.5 Å². The molecule has 0 atom stereocenters. The molecule has 1 fully saturated rings. The van der Waals surface area contributed by atoms with Gasteiger partial charge in [0, 0.05) is 38.8 Å². The molecule has 1 N–H and O–H groups in total. The zero-order chi connectivity index (χ0) is 20.8. The van der Waals surface area contributed by atoms with Crippen molar-refractivity contribution in [3.63, 3.8) is 0 Å². The van der Waals surface area contributed by atoms with Crippen molar-refractivity contribution in [3.8, 4) is 6.07 Å². The third-order valence-electron chi connectivity index (χ3n) is 4.95. The second-order valence-corrected chi connectivity index (χ2v) is 7.19.